The van der Waals surface area contributed by atoms with E-state index in [9.17, 15) is 0 Å². The molecule has 2 N–H and O–H groups in total. The van der Waals surface area contributed by atoms with Gasteiger partial charge in [-0.15, -0.1) is 24.0 Å². The number of hydrogen-bond donors (Lipinski definition) is 2. The Bertz CT molecular complexity index is 357. The molecule has 1 aromatic heterocycles. The molecule has 0 saturated heterocycles. The third-order valence-electron chi connectivity index (χ3n) is 2.61. The van der Waals surface area contributed by atoms with Gasteiger partial charge in [-0.2, -0.15) is 0 Å². The molecule has 104 valence electrons. The van der Waals surface area contributed by atoms with E-state index in [1.54, 1.807) is 7.05 Å². The van der Waals surface area contributed by atoms with E-state index in [2.05, 4.69) is 27.7 Å². The highest BCUT2D eigenvalue weighted by Gasteiger charge is 2.08. The summed E-state index contributed by atoms with van der Waals surface area (Å²) in [7, 11) is 1.78. The first-order valence-electron chi connectivity index (χ1n) is 6.05. The van der Waals surface area contributed by atoms with Crippen molar-refractivity contribution in [2.45, 2.75) is 33.6 Å². The molecule has 0 atom stereocenters. The monoisotopic (exact) mass is 366 g/mol. The average Bonchev–Trinajstić information content (AvgIpc) is 2.64. The molecule has 0 aliphatic carbocycles. The Morgan fingerprint density at radius 1 is 1.28 bits per heavy atom. The molecule has 0 fully saturated rings. The van der Waals surface area contributed by atoms with Gasteiger partial charge in [0.05, 0.1) is 5.69 Å². The molecule has 0 saturated carbocycles. The molecule has 5 nitrogen and oxygen atoms in total. The minimum Gasteiger partial charge on any atom is -0.361 e. The highest BCUT2D eigenvalue weighted by molar-refractivity contribution is 14.0. The van der Waals surface area contributed by atoms with Gasteiger partial charge < -0.3 is 15.2 Å². The first-order chi connectivity index (χ1) is 8.19. The van der Waals surface area contributed by atoms with Gasteiger partial charge in [0, 0.05) is 25.7 Å². The number of hydrogen-bond acceptors (Lipinski definition) is 3. The van der Waals surface area contributed by atoms with Gasteiger partial charge in [0.1, 0.15) is 5.76 Å². The summed E-state index contributed by atoms with van der Waals surface area (Å²) in [6.45, 7) is 7.80. The van der Waals surface area contributed by atoms with Crippen LogP contribution in [-0.2, 0) is 6.42 Å². The number of aryl methyl sites for hydroxylation is 2. The van der Waals surface area contributed by atoms with Crippen molar-refractivity contribution in [1.82, 2.24) is 15.8 Å². The van der Waals surface area contributed by atoms with Crippen LogP contribution in [-0.4, -0.2) is 31.3 Å². The van der Waals surface area contributed by atoms with Gasteiger partial charge in [0.25, 0.3) is 0 Å². The first-order valence-corrected chi connectivity index (χ1v) is 6.05. The van der Waals surface area contributed by atoms with Crippen LogP contribution in [0.4, 0.5) is 0 Å². The van der Waals surface area contributed by atoms with Crippen molar-refractivity contribution in [3.63, 3.8) is 0 Å². The summed E-state index contributed by atoms with van der Waals surface area (Å²) < 4.78 is 5.12. The maximum absolute atomic E-state index is 5.12. The zero-order valence-electron chi connectivity index (χ0n) is 11.5. The van der Waals surface area contributed by atoms with Crippen LogP contribution in [0.3, 0.4) is 0 Å². The highest BCUT2D eigenvalue weighted by Crippen LogP contribution is 2.11. The third-order valence-corrected chi connectivity index (χ3v) is 2.61. The van der Waals surface area contributed by atoms with E-state index in [1.165, 1.54) is 5.56 Å². The van der Waals surface area contributed by atoms with Crippen molar-refractivity contribution in [2.24, 2.45) is 4.99 Å². The van der Waals surface area contributed by atoms with Crippen molar-refractivity contribution < 1.29 is 4.52 Å². The van der Waals surface area contributed by atoms with Gasteiger partial charge in [-0.25, -0.2) is 0 Å². The van der Waals surface area contributed by atoms with Crippen LogP contribution >= 0.6 is 24.0 Å². The summed E-state index contributed by atoms with van der Waals surface area (Å²) in [5.74, 6) is 1.75. The van der Waals surface area contributed by atoms with E-state index in [4.69, 9.17) is 4.52 Å². The van der Waals surface area contributed by atoms with Crippen LogP contribution in [0.2, 0.25) is 0 Å². The molecule has 0 aliphatic rings. The van der Waals surface area contributed by atoms with Crippen molar-refractivity contribution in [1.29, 1.82) is 0 Å². The average molecular weight is 366 g/mol. The van der Waals surface area contributed by atoms with Crippen LogP contribution in [0.1, 0.15) is 30.4 Å². The largest absolute Gasteiger partial charge is 0.361 e. The van der Waals surface area contributed by atoms with Crippen LogP contribution in [0.15, 0.2) is 9.52 Å². The molecular weight excluding hydrogens is 343 g/mol. The molecular formula is C12H23IN4O. The van der Waals surface area contributed by atoms with E-state index in [0.717, 1.165) is 43.3 Å². The number of nitrogens with zero attached hydrogens (tertiary/aromatic N) is 2. The number of aromatic nitrogens is 1. The lowest BCUT2D eigenvalue weighted by Crippen LogP contribution is -2.38. The third kappa shape index (κ3) is 5.24. The lowest BCUT2D eigenvalue weighted by atomic mass is 10.1. The molecule has 0 unspecified atom stereocenters. The number of guanidine groups is 1. The second-order valence-electron chi connectivity index (χ2n) is 3.98. The van der Waals surface area contributed by atoms with Crippen molar-refractivity contribution >= 4 is 29.9 Å². The summed E-state index contributed by atoms with van der Waals surface area (Å²) in [5.41, 5.74) is 2.16. The van der Waals surface area contributed by atoms with Crippen molar-refractivity contribution in [3.8, 4) is 0 Å². The van der Waals surface area contributed by atoms with E-state index >= 15 is 0 Å². The molecule has 0 bridgehead atoms. The molecule has 0 aromatic carbocycles. The second kappa shape index (κ2) is 9.18. The fourth-order valence-electron chi connectivity index (χ4n) is 1.63. The summed E-state index contributed by atoms with van der Waals surface area (Å²) in [6.07, 6.45) is 1.98. The number of rotatable bonds is 5. The quantitative estimate of drug-likeness (QED) is 0.476. The topological polar surface area (TPSA) is 62.5 Å². The Balaban J connectivity index is 0.00000289. The molecule has 0 aliphatic heterocycles. The van der Waals surface area contributed by atoms with Gasteiger partial charge in [-0.1, -0.05) is 12.1 Å². The molecule has 0 radical (unpaired) electrons. The van der Waals surface area contributed by atoms with Gasteiger partial charge in [-0.05, 0) is 26.7 Å². The Morgan fingerprint density at radius 3 is 2.44 bits per heavy atom. The van der Waals surface area contributed by atoms with Crippen LogP contribution in [0.25, 0.3) is 0 Å². The van der Waals surface area contributed by atoms with E-state index in [0.29, 0.717) is 0 Å². The molecule has 1 aromatic rings. The second-order valence-corrected chi connectivity index (χ2v) is 3.98. The standard InChI is InChI=1S/C12H22N4O.HI/c1-5-7-14-12(13-4)15-8-6-11-9(2)16-17-10(11)3;/h5-8H2,1-4H3,(H2,13,14,15);1H. The van der Waals surface area contributed by atoms with E-state index in [1.807, 2.05) is 13.8 Å². The molecule has 6 heteroatoms. The maximum atomic E-state index is 5.12. The lowest BCUT2D eigenvalue weighted by Gasteiger charge is -2.10. The normalized spacial score (nSPS) is 11.0. The van der Waals surface area contributed by atoms with E-state index in [-0.39, 0.29) is 24.0 Å². The summed E-state index contributed by atoms with van der Waals surface area (Å²) in [6, 6.07) is 0. The van der Waals surface area contributed by atoms with Crippen LogP contribution in [0.5, 0.6) is 0 Å². The molecule has 18 heavy (non-hydrogen) atoms. The fourth-order valence-corrected chi connectivity index (χ4v) is 1.63. The van der Waals surface area contributed by atoms with Crippen LogP contribution < -0.4 is 10.6 Å². The van der Waals surface area contributed by atoms with Gasteiger partial charge in [-0.3, -0.25) is 4.99 Å². The molecule has 0 amide bonds. The van der Waals surface area contributed by atoms with Crippen LogP contribution in [0, 0.1) is 13.8 Å². The summed E-state index contributed by atoms with van der Waals surface area (Å²) >= 11 is 0. The first kappa shape index (κ1) is 17.2. The minimum absolute atomic E-state index is 0. The Labute approximate surface area is 126 Å². The maximum Gasteiger partial charge on any atom is 0.190 e. The van der Waals surface area contributed by atoms with E-state index < -0.39 is 0 Å². The molecule has 1 rings (SSSR count). The van der Waals surface area contributed by atoms with Crippen molar-refractivity contribution in [2.75, 3.05) is 20.1 Å². The fraction of sp³-hybridized carbons (Fsp3) is 0.667. The Morgan fingerprint density at radius 2 is 1.94 bits per heavy atom. The number of aliphatic imine (C=N–C) groups is 1. The zero-order chi connectivity index (χ0) is 12.7. The molecule has 1 heterocycles. The lowest BCUT2D eigenvalue weighted by molar-refractivity contribution is 0.392. The van der Waals surface area contributed by atoms with Crippen molar-refractivity contribution in [3.05, 3.63) is 17.0 Å². The zero-order valence-corrected chi connectivity index (χ0v) is 13.9. The summed E-state index contributed by atoms with van der Waals surface area (Å²) in [5, 5.41) is 10.4. The predicted octanol–water partition coefficient (Wildman–Crippen LogP) is 2.03. The highest BCUT2D eigenvalue weighted by atomic mass is 127. The van der Waals surface area contributed by atoms with Gasteiger partial charge in [0.15, 0.2) is 5.96 Å². The molecule has 0 spiro atoms. The van der Waals surface area contributed by atoms with Gasteiger partial charge in [0.2, 0.25) is 0 Å². The Hall–Kier alpha value is -0.790. The minimum atomic E-state index is 0. The smallest absolute Gasteiger partial charge is 0.190 e. The predicted molar refractivity (Wildman–Crippen MR) is 84.8 cm³/mol. The van der Waals surface area contributed by atoms with Gasteiger partial charge >= 0.3 is 0 Å². The Kier molecular flexibility index (Phi) is 8.78. The number of nitrogens with one attached hydrogen (secondary N) is 2. The number of halogens is 1. The summed E-state index contributed by atoms with van der Waals surface area (Å²) in [4.78, 5) is 4.14. The SMILES string of the molecule is CCCNC(=NC)NCCc1c(C)noc1C.I.